The molecule has 0 fully saturated rings. The van der Waals surface area contributed by atoms with Crippen LogP contribution in [0.5, 0.6) is 11.5 Å². The number of allylic oxidation sites excluding steroid dienone is 8. The highest BCUT2D eigenvalue weighted by molar-refractivity contribution is 5.43. The van der Waals surface area contributed by atoms with Crippen LogP contribution in [0.3, 0.4) is 0 Å². The van der Waals surface area contributed by atoms with Gasteiger partial charge in [-0.15, -0.1) is 11.5 Å². The van der Waals surface area contributed by atoms with E-state index < -0.39 is 0 Å². The van der Waals surface area contributed by atoms with E-state index in [1.54, 1.807) is 66.8 Å². The van der Waals surface area contributed by atoms with Crippen molar-refractivity contribution in [3.8, 4) is 11.5 Å². The van der Waals surface area contributed by atoms with Gasteiger partial charge in [0.05, 0.1) is 19.1 Å². The first-order valence-corrected chi connectivity index (χ1v) is 7.24. The molecule has 0 aliphatic rings. The van der Waals surface area contributed by atoms with Crippen LogP contribution in [0, 0.1) is 0 Å². The van der Waals surface area contributed by atoms with E-state index in [-0.39, 0.29) is 6.61 Å². The Labute approximate surface area is 142 Å². The van der Waals surface area contributed by atoms with Gasteiger partial charge in [-0.25, -0.2) is 0 Å². The SMILES string of the molecule is C=C=C/C=C/C=C/Oc1ccc(CO)cc1O/C=C/C=C/C=C=C. The molecule has 0 radical (unpaired) electrons. The number of aliphatic hydroxyl groups excluding tert-OH is 1. The van der Waals surface area contributed by atoms with Gasteiger partial charge in [0.15, 0.2) is 11.5 Å². The van der Waals surface area contributed by atoms with Crippen molar-refractivity contribution in [2.75, 3.05) is 0 Å². The van der Waals surface area contributed by atoms with E-state index in [1.165, 1.54) is 12.5 Å². The predicted octanol–water partition coefficient (Wildman–Crippen LogP) is 4.76. The lowest BCUT2D eigenvalue weighted by Gasteiger charge is -2.08. The zero-order chi connectivity index (χ0) is 17.5. The van der Waals surface area contributed by atoms with Gasteiger partial charge in [-0.05, 0) is 42.0 Å². The third-order valence-corrected chi connectivity index (χ3v) is 2.61. The molecular weight excluding hydrogens is 300 g/mol. The maximum Gasteiger partial charge on any atom is 0.169 e. The van der Waals surface area contributed by atoms with E-state index in [2.05, 4.69) is 24.6 Å². The van der Waals surface area contributed by atoms with E-state index >= 15 is 0 Å². The van der Waals surface area contributed by atoms with E-state index in [0.717, 1.165) is 5.56 Å². The number of ether oxygens (including phenoxy) is 2. The number of hydrogen-bond acceptors (Lipinski definition) is 3. The molecule has 0 aliphatic heterocycles. The monoisotopic (exact) mass is 320 g/mol. The fourth-order valence-corrected chi connectivity index (χ4v) is 1.53. The fourth-order valence-electron chi connectivity index (χ4n) is 1.53. The first-order chi connectivity index (χ1) is 11.8. The minimum atomic E-state index is -0.0726. The van der Waals surface area contributed by atoms with Crippen molar-refractivity contribution in [3.05, 3.63) is 110 Å². The van der Waals surface area contributed by atoms with Gasteiger partial charge in [0.2, 0.25) is 0 Å². The molecule has 3 nitrogen and oxygen atoms in total. The van der Waals surface area contributed by atoms with Crippen LogP contribution in [0.4, 0.5) is 0 Å². The molecule has 0 aromatic heterocycles. The van der Waals surface area contributed by atoms with Gasteiger partial charge in [0.25, 0.3) is 0 Å². The second-order valence-corrected chi connectivity index (χ2v) is 4.34. The quantitative estimate of drug-likeness (QED) is 0.405. The predicted molar refractivity (Wildman–Crippen MR) is 97.6 cm³/mol. The second-order valence-electron chi connectivity index (χ2n) is 4.34. The largest absolute Gasteiger partial charge is 0.461 e. The van der Waals surface area contributed by atoms with E-state index in [1.807, 2.05) is 0 Å². The van der Waals surface area contributed by atoms with Crippen molar-refractivity contribution < 1.29 is 14.6 Å². The molecule has 1 aromatic carbocycles. The lowest BCUT2D eigenvalue weighted by molar-refractivity contribution is 0.281. The van der Waals surface area contributed by atoms with Gasteiger partial charge < -0.3 is 14.6 Å². The van der Waals surface area contributed by atoms with Gasteiger partial charge in [0, 0.05) is 0 Å². The van der Waals surface area contributed by atoms with Crippen molar-refractivity contribution in [3.63, 3.8) is 0 Å². The highest BCUT2D eigenvalue weighted by Gasteiger charge is 2.04. The molecule has 24 heavy (non-hydrogen) atoms. The van der Waals surface area contributed by atoms with Crippen LogP contribution in [-0.2, 0) is 6.61 Å². The number of rotatable bonds is 9. The van der Waals surface area contributed by atoms with Crippen molar-refractivity contribution >= 4 is 0 Å². The van der Waals surface area contributed by atoms with Crippen LogP contribution >= 0.6 is 0 Å². The van der Waals surface area contributed by atoms with Crippen LogP contribution in [0.25, 0.3) is 0 Å². The zero-order valence-electron chi connectivity index (χ0n) is 13.4. The first kappa shape index (κ1) is 18.8. The number of aliphatic hydroxyl groups is 1. The Morgan fingerprint density at radius 3 is 1.96 bits per heavy atom. The summed E-state index contributed by atoms with van der Waals surface area (Å²) in [5.41, 5.74) is 6.00. The molecule has 0 saturated heterocycles. The highest BCUT2D eigenvalue weighted by Crippen LogP contribution is 2.29. The third-order valence-electron chi connectivity index (χ3n) is 2.61. The summed E-state index contributed by atoms with van der Waals surface area (Å²) < 4.78 is 11.1. The van der Waals surface area contributed by atoms with Crippen LogP contribution in [0.15, 0.2) is 104 Å². The van der Waals surface area contributed by atoms with Crippen molar-refractivity contribution in [1.82, 2.24) is 0 Å². The molecular formula is C21H20O3. The smallest absolute Gasteiger partial charge is 0.169 e. The van der Waals surface area contributed by atoms with Crippen molar-refractivity contribution in [1.29, 1.82) is 0 Å². The lowest BCUT2D eigenvalue weighted by Crippen LogP contribution is -1.91. The van der Waals surface area contributed by atoms with Crippen LogP contribution in [0.2, 0.25) is 0 Å². The highest BCUT2D eigenvalue weighted by atomic mass is 16.5. The van der Waals surface area contributed by atoms with Gasteiger partial charge in [-0.1, -0.05) is 43.5 Å². The Morgan fingerprint density at radius 1 is 0.833 bits per heavy atom. The minimum absolute atomic E-state index is 0.0726. The Hall–Kier alpha value is -3.22. The minimum Gasteiger partial charge on any atom is -0.461 e. The summed E-state index contributed by atoms with van der Waals surface area (Å²) in [6, 6.07) is 5.23. The molecule has 0 amide bonds. The molecule has 1 N–H and O–H groups in total. The number of hydrogen-bond donors (Lipinski definition) is 1. The lowest BCUT2D eigenvalue weighted by atomic mass is 10.2. The van der Waals surface area contributed by atoms with Gasteiger partial charge in [-0.3, -0.25) is 0 Å². The molecule has 122 valence electrons. The van der Waals surface area contributed by atoms with E-state index in [4.69, 9.17) is 9.47 Å². The summed E-state index contributed by atoms with van der Waals surface area (Å²) >= 11 is 0. The first-order valence-electron chi connectivity index (χ1n) is 7.24. The molecule has 0 spiro atoms. The van der Waals surface area contributed by atoms with Gasteiger partial charge >= 0.3 is 0 Å². The van der Waals surface area contributed by atoms with Gasteiger partial charge in [-0.2, -0.15) is 0 Å². The third kappa shape index (κ3) is 7.69. The molecule has 1 rings (SSSR count). The Bertz CT molecular complexity index is 723. The molecule has 0 saturated carbocycles. The maximum atomic E-state index is 9.24. The standard InChI is InChI=1S/C21H20O3/c1-3-5-7-9-11-15-23-20-14-13-19(18-22)17-21(20)24-16-12-10-8-6-4-2/h5-17,22H,1-2,18H2/b9-7+,10-8+,15-11+,16-12+. The summed E-state index contributed by atoms with van der Waals surface area (Å²) in [4.78, 5) is 0. The van der Waals surface area contributed by atoms with Crippen molar-refractivity contribution in [2.45, 2.75) is 6.61 Å². The average Bonchev–Trinajstić information content (AvgIpc) is 2.61. The van der Waals surface area contributed by atoms with Crippen LogP contribution in [0.1, 0.15) is 5.56 Å². The van der Waals surface area contributed by atoms with Crippen LogP contribution < -0.4 is 9.47 Å². The van der Waals surface area contributed by atoms with Crippen LogP contribution in [-0.4, -0.2) is 5.11 Å². The summed E-state index contributed by atoms with van der Waals surface area (Å²) in [6.07, 6.45) is 17.0. The topological polar surface area (TPSA) is 38.7 Å². The summed E-state index contributed by atoms with van der Waals surface area (Å²) in [7, 11) is 0. The Morgan fingerprint density at radius 2 is 1.42 bits per heavy atom. The molecule has 1 aromatic rings. The maximum absolute atomic E-state index is 9.24. The molecule has 0 bridgehead atoms. The number of benzene rings is 1. The summed E-state index contributed by atoms with van der Waals surface area (Å²) in [5.74, 6) is 1.04. The van der Waals surface area contributed by atoms with Gasteiger partial charge in [0.1, 0.15) is 0 Å². The molecule has 0 aliphatic carbocycles. The average molecular weight is 320 g/mol. The zero-order valence-corrected chi connectivity index (χ0v) is 13.4. The van der Waals surface area contributed by atoms with E-state index in [0.29, 0.717) is 11.5 Å². The Kier molecular flexibility index (Phi) is 9.68. The molecule has 0 heterocycles. The fraction of sp³-hybridized carbons (Fsp3) is 0.0476. The molecule has 3 heteroatoms. The molecule has 0 unspecified atom stereocenters. The van der Waals surface area contributed by atoms with E-state index in [9.17, 15) is 5.11 Å². The Balaban J connectivity index is 2.79. The second kappa shape index (κ2) is 12.3. The summed E-state index contributed by atoms with van der Waals surface area (Å²) in [5, 5.41) is 9.24. The van der Waals surface area contributed by atoms with Crippen molar-refractivity contribution in [2.24, 2.45) is 0 Å². The molecule has 0 atom stereocenters. The normalized spacial score (nSPS) is 11.0. The summed E-state index contributed by atoms with van der Waals surface area (Å²) in [6.45, 7) is 6.85.